The summed E-state index contributed by atoms with van der Waals surface area (Å²) in [6.07, 6.45) is 0.178. The van der Waals surface area contributed by atoms with Crippen LogP contribution in [-0.4, -0.2) is 30.9 Å². The van der Waals surface area contributed by atoms with Crippen molar-refractivity contribution in [2.45, 2.75) is 26.8 Å². The summed E-state index contributed by atoms with van der Waals surface area (Å²) in [4.78, 5) is 39.0. The van der Waals surface area contributed by atoms with Crippen molar-refractivity contribution < 1.29 is 19.1 Å². The zero-order chi connectivity index (χ0) is 24.8. The van der Waals surface area contributed by atoms with Gasteiger partial charge in [-0.2, -0.15) is 0 Å². The van der Waals surface area contributed by atoms with Crippen molar-refractivity contribution in [2.24, 2.45) is 5.92 Å². The van der Waals surface area contributed by atoms with Gasteiger partial charge in [-0.1, -0.05) is 48.0 Å². The third kappa shape index (κ3) is 6.26. The van der Waals surface area contributed by atoms with Gasteiger partial charge in [0.05, 0.1) is 5.92 Å². The molecule has 1 heterocycles. The number of carbonyl (C=O) groups excluding carboxylic acids is 3. The van der Waals surface area contributed by atoms with E-state index >= 15 is 0 Å². The van der Waals surface area contributed by atoms with Gasteiger partial charge in [0.25, 0.3) is 5.91 Å². The van der Waals surface area contributed by atoms with E-state index in [1.54, 1.807) is 29.2 Å². The van der Waals surface area contributed by atoms with Gasteiger partial charge >= 0.3 is 0 Å². The molecule has 0 bridgehead atoms. The molecule has 1 aliphatic rings. The third-order valence-electron chi connectivity index (χ3n) is 6.02. The summed E-state index contributed by atoms with van der Waals surface area (Å²) in [6.45, 7) is 4.58. The number of hydrogen-bond donors (Lipinski definition) is 2. The highest BCUT2D eigenvalue weighted by atomic mass is 16.5. The molecule has 3 aromatic carbocycles. The second kappa shape index (κ2) is 10.9. The molecule has 3 amide bonds. The van der Waals surface area contributed by atoms with Crippen molar-refractivity contribution in [3.63, 3.8) is 0 Å². The molecule has 0 saturated carbocycles. The summed E-state index contributed by atoms with van der Waals surface area (Å²) in [7, 11) is 0. The second-order valence-electron chi connectivity index (χ2n) is 8.75. The number of amides is 3. The van der Waals surface area contributed by atoms with Gasteiger partial charge in [-0.05, 0) is 55.3 Å². The van der Waals surface area contributed by atoms with Crippen LogP contribution in [0.2, 0.25) is 0 Å². The Labute approximate surface area is 205 Å². The summed E-state index contributed by atoms with van der Waals surface area (Å²) in [5.74, 6) is -0.341. The number of ether oxygens (including phenoxy) is 1. The highest BCUT2D eigenvalue weighted by Gasteiger charge is 2.35. The van der Waals surface area contributed by atoms with Crippen LogP contribution in [0.25, 0.3) is 0 Å². The normalized spacial score (nSPS) is 15.1. The fraction of sp³-hybridized carbons (Fsp3) is 0.250. The van der Waals surface area contributed by atoms with Crippen LogP contribution in [0.3, 0.4) is 0 Å². The molecule has 1 fully saturated rings. The number of nitrogens with one attached hydrogen (secondary N) is 2. The summed E-state index contributed by atoms with van der Waals surface area (Å²) in [5, 5.41) is 5.76. The first kappa shape index (κ1) is 24.0. The van der Waals surface area contributed by atoms with Gasteiger partial charge in [-0.25, -0.2) is 0 Å². The van der Waals surface area contributed by atoms with Crippen LogP contribution in [-0.2, 0) is 20.9 Å². The molecule has 7 nitrogen and oxygen atoms in total. The molecule has 2 N–H and O–H groups in total. The maximum atomic E-state index is 12.6. The van der Waals surface area contributed by atoms with E-state index in [0.717, 1.165) is 16.8 Å². The monoisotopic (exact) mass is 471 g/mol. The lowest BCUT2D eigenvalue weighted by Crippen LogP contribution is -2.32. The number of benzene rings is 3. The van der Waals surface area contributed by atoms with E-state index in [1.165, 1.54) is 5.56 Å². The summed E-state index contributed by atoms with van der Waals surface area (Å²) >= 11 is 0. The van der Waals surface area contributed by atoms with Crippen LogP contribution in [0.4, 0.5) is 11.4 Å². The Hall–Kier alpha value is -4.13. The Morgan fingerprint density at radius 2 is 1.69 bits per heavy atom. The van der Waals surface area contributed by atoms with Gasteiger partial charge in [0, 0.05) is 30.9 Å². The van der Waals surface area contributed by atoms with E-state index in [2.05, 4.69) is 10.6 Å². The van der Waals surface area contributed by atoms with E-state index in [-0.39, 0.29) is 30.7 Å². The summed E-state index contributed by atoms with van der Waals surface area (Å²) in [6, 6.07) is 22.5. The van der Waals surface area contributed by atoms with Gasteiger partial charge < -0.3 is 20.3 Å². The van der Waals surface area contributed by atoms with Crippen LogP contribution >= 0.6 is 0 Å². The first-order chi connectivity index (χ1) is 16.9. The predicted molar refractivity (Wildman–Crippen MR) is 135 cm³/mol. The molecule has 4 rings (SSSR count). The van der Waals surface area contributed by atoms with Gasteiger partial charge in [0.15, 0.2) is 6.61 Å². The van der Waals surface area contributed by atoms with Crippen LogP contribution in [0, 0.1) is 19.8 Å². The maximum absolute atomic E-state index is 12.6. The first-order valence-corrected chi connectivity index (χ1v) is 11.6. The predicted octanol–water partition coefficient (Wildman–Crippen LogP) is 3.99. The Morgan fingerprint density at radius 3 is 2.40 bits per heavy atom. The molecule has 0 aliphatic carbocycles. The lowest BCUT2D eigenvalue weighted by molar-refractivity contribution is -0.126. The van der Waals surface area contributed by atoms with E-state index in [9.17, 15) is 14.4 Å². The smallest absolute Gasteiger partial charge is 0.262 e. The molecule has 0 aromatic heterocycles. The average molecular weight is 472 g/mol. The minimum Gasteiger partial charge on any atom is -0.484 e. The second-order valence-corrected chi connectivity index (χ2v) is 8.75. The SMILES string of the molecule is Cc1ccc(CNC(=O)C2CC(=O)N(c3ccc(OCC(=O)Nc4ccccc4C)cc3)C2)cc1. The summed E-state index contributed by atoms with van der Waals surface area (Å²) in [5.41, 5.74) is 4.61. The topological polar surface area (TPSA) is 87.7 Å². The molecule has 180 valence electrons. The number of aryl methyl sites for hydroxylation is 2. The molecule has 1 saturated heterocycles. The number of para-hydroxylation sites is 1. The molecule has 0 radical (unpaired) electrons. The number of rotatable bonds is 8. The quantitative estimate of drug-likeness (QED) is 0.520. The van der Waals surface area contributed by atoms with E-state index in [0.29, 0.717) is 24.5 Å². The zero-order valence-electron chi connectivity index (χ0n) is 19.9. The molecule has 35 heavy (non-hydrogen) atoms. The van der Waals surface area contributed by atoms with Crippen molar-refractivity contribution in [3.8, 4) is 5.75 Å². The minimum absolute atomic E-state index is 0.0910. The Kier molecular flexibility index (Phi) is 7.45. The van der Waals surface area contributed by atoms with Crippen molar-refractivity contribution in [3.05, 3.63) is 89.5 Å². The zero-order valence-corrected chi connectivity index (χ0v) is 19.9. The van der Waals surface area contributed by atoms with Crippen LogP contribution < -0.4 is 20.3 Å². The maximum Gasteiger partial charge on any atom is 0.262 e. The van der Waals surface area contributed by atoms with Gasteiger partial charge in [0.1, 0.15) is 5.75 Å². The number of hydrogen-bond acceptors (Lipinski definition) is 4. The molecule has 1 aliphatic heterocycles. The van der Waals surface area contributed by atoms with E-state index < -0.39 is 5.92 Å². The molecule has 0 spiro atoms. The molecule has 3 aromatic rings. The van der Waals surface area contributed by atoms with Gasteiger partial charge in [0.2, 0.25) is 11.8 Å². The lowest BCUT2D eigenvalue weighted by Gasteiger charge is -2.17. The van der Waals surface area contributed by atoms with Gasteiger partial charge in [-0.3, -0.25) is 14.4 Å². The highest BCUT2D eigenvalue weighted by molar-refractivity contribution is 6.00. The minimum atomic E-state index is -0.394. The van der Waals surface area contributed by atoms with Crippen molar-refractivity contribution in [1.29, 1.82) is 0 Å². The highest BCUT2D eigenvalue weighted by Crippen LogP contribution is 2.27. The third-order valence-corrected chi connectivity index (χ3v) is 6.02. The average Bonchev–Trinajstić information content (AvgIpc) is 3.25. The van der Waals surface area contributed by atoms with Crippen molar-refractivity contribution >= 4 is 29.1 Å². The summed E-state index contributed by atoms with van der Waals surface area (Å²) < 4.78 is 5.59. The van der Waals surface area contributed by atoms with Crippen molar-refractivity contribution in [1.82, 2.24) is 5.32 Å². The Morgan fingerprint density at radius 1 is 0.971 bits per heavy atom. The first-order valence-electron chi connectivity index (χ1n) is 11.6. The van der Waals surface area contributed by atoms with Crippen LogP contribution in [0.1, 0.15) is 23.1 Å². The largest absolute Gasteiger partial charge is 0.484 e. The fourth-order valence-electron chi connectivity index (χ4n) is 3.94. The lowest BCUT2D eigenvalue weighted by atomic mass is 10.1. The van der Waals surface area contributed by atoms with Gasteiger partial charge in [-0.15, -0.1) is 0 Å². The van der Waals surface area contributed by atoms with Crippen LogP contribution in [0.15, 0.2) is 72.8 Å². The number of carbonyl (C=O) groups is 3. The fourth-order valence-corrected chi connectivity index (χ4v) is 3.94. The molecular formula is C28H29N3O4. The molecule has 1 atom stereocenters. The number of nitrogens with zero attached hydrogens (tertiary/aromatic N) is 1. The molecule has 1 unspecified atom stereocenters. The molecular weight excluding hydrogens is 442 g/mol. The molecule has 7 heteroatoms. The standard InChI is InChI=1S/C28H29N3O4/c1-19-7-9-21(10-8-19)16-29-28(34)22-15-27(33)31(17-22)23-11-13-24(14-12-23)35-18-26(32)30-25-6-4-3-5-20(25)2/h3-14,22H,15-18H2,1-2H3,(H,29,34)(H,30,32). The van der Waals surface area contributed by atoms with E-state index in [1.807, 2.05) is 62.4 Å². The Balaban J connectivity index is 1.27. The van der Waals surface area contributed by atoms with Crippen LogP contribution in [0.5, 0.6) is 5.75 Å². The Bertz CT molecular complexity index is 1210. The van der Waals surface area contributed by atoms with E-state index in [4.69, 9.17) is 4.74 Å². The van der Waals surface area contributed by atoms with Crippen molar-refractivity contribution in [2.75, 3.05) is 23.4 Å². The number of anilines is 2.